The summed E-state index contributed by atoms with van der Waals surface area (Å²) in [5.41, 5.74) is -0.467. The van der Waals surface area contributed by atoms with Crippen LogP contribution in [0.5, 0.6) is 0 Å². The lowest BCUT2D eigenvalue weighted by Gasteiger charge is -2.23. The summed E-state index contributed by atoms with van der Waals surface area (Å²) in [6.07, 6.45) is 0.644. The van der Waals surface area contributed by atoms with Crippen LogP contribution < -0.4 is 0 Å². The minimum absolute atomic E-state index is 0.0485. The van der Waals surface area contributed by atoms with Crippen LogP contribution >= 0.6 is 0 Å². The Bertz CT molecular complexity index is 495. The number of benzene rings is 1. The first-order chi connectivity index (χ1) is 9.91. The smallest absolute Gasteiger partial charge is 0.373 e. The molecule has 0 heterocycles. The maximum atomic E-state index is 12.2. The number of carbonyl (C=O) groups is 2. The van der Waals surface area contributed by atoms with Crippen molar-refractivity contribution in [1.82, 2.24) is 0 Å². The molecule has 1 aromatic carbocycles. The second-order valence-electron chi connectivity index (χ2n) is 4.96. The highest BCUT2D eigenvalue weighted by Crippen LogP contribution is 2.19. The van der Waals surface area contributed by atoms with Crippen molar-refractivity contribution in [3.05, 3.63) is 35.4 Å². The molecule has 0 bridgehead atoms. The summed E-state index contributed by atoms with van der Waals surface area (Å²) in [4.78, 5) is 33.0. The summed E-state index contributed by atoms with van der Waals surface area (Å²) in [5, 5.41) is 8.56. The molecule has 0 aliphatic heterocycles. The standard InChI is InChI=1S/C15H20O6/c1-4-15(2,3)20-13(17)11-7-5-6-8-12(11)14(18)21-19-10-9-16/h5-8,16H,4,9-10H2,1-3H3. The molecule has 0 radical (unpaired) electrons. The molecule has 0 saturated heterocycles. The summed E-state index contributed by atoms with van der Waals surface area (Å²) in [7, 11) is 0. The van der Waals surface area contributed by atoms with Crippen molar-refractivity contribution < 1.29 is 29.2 Å². The monoisotopic (exact) mass is 296 g/mol. The van der Waals surface area contributed by atoms with Crippen molar-refractivity contribution in [2.45, 2.75) is 32.8 Å². The van der Waals surface area contributed by atoms with Crippen LogP contribution in [-0.2, 0) is 14.5 Å². The first-order valence-corrected chi connectivity index (χ1v) is 6.68. The zero-order chi connectivity index (χ0) is 15.9. The van der Waals surface area contributed by atoms with E-state index in [1.54, 1.807) is 26.0 Å². The highest BCUT2D eigenvalue weighted by molar-refractivity contribution is 6.03. The Labute approximate surface area is 123 Å². The lowest BCUT2D eigenvalue weighted by molar-refractivity contribution is -0.245. The summed E-state index contributed by atoms with van der Waals surface area (Å²) in [6.45, 7) is 5.06. The van der Waals surface area contributed by atoms with Gasteiger partial charge in [-0.15, -0.1) is 0 Å². The van der Waals surface area contributed by atoms with Crippen molar-refractivity contribution in [1.29, 1.82) is 0 Å². The van der Waals surface area contributed by atoms with E-state index < -0.39 is 17.5 Å². The average Bonchev–Trinajstić information content (AvgIpc) is 2.47. The minimum atomic E-state index is -0.815. The third kappa shape index (κ3) is 5.17. The van der Waals surface area contributed by atoms with Gasteiger partial charge < -0.3 is 9.84 Å². The Morgan fingerprint density at radius 2 is 1.71 bits per heavy atom. The van der Waals surface area contributed by atoms with Gasteiger partial charge in [-0.05, 0) is 32.4 Å². The van der Waals surface area contributed by atoms with Crippen molar-refractivity contribution in [2.75, 3.05) is 13.2 Å². The molecule has 0 unspecified atom stereocenters. The van der Waals surface area contributed by atoms with Gasteiger partial charge in [0.25, 0.3) is 0 Å². The predicted molar refractivity (Wildman–Crippen MR) is 74.7 cm³/mol. The van der Waals surface area contributed by atoms with Crippen LogP contribution in [0.3, 0.4) is 0 Å². The second-order valence-corrected chi connectivity index (χ2v) is 4.96. The molecule has 6 heteroatoms. The van der Waals surface area contributed by atoms with Crippen molar-refractivity contribution in [2.24, 2.45) is 0 Å². The van der Waals surface area contributed by atoms with Crippen LogP contribution in [0, 0.1) is 0 Å². The molecule has 0 atom stereocenters. The third-order valence-electron chi connectivity index (χ3n) is 2.90. The zero-order valence-corrected chi connectivity index (χ0v) is 12.4. The van der Waals surface area contributed by atoms with Gasteiger partial charge in [-0.3, -0.25) is 4.89 Å². The van der Waals surface area contributed by atoms with Gasteiger partial charge in [0.15, 0.2) is 0 Å². The number of esters is 1. The van der Waals surface area contributed by atoms with Crippen molar-refractivity contribution >= 4 is 11.9 Å². The molecule has 1 N–H and O–H groups in total. The lowest BCUT2D eigenvalue weighted by Crippen LogP contribution is -2.28. The number of ether oxygens (including phenoxy) is 1. The summed E-state index contributed by atoms with van der Waals surface area (Å²) in [5.74, 6) is -1.41. The molecule has 6 nitrogen and oxygen atoms in total. The molecule has 116 valence electrons. The van der Waals surface area contributed by atoms with Gasteiger partial charge >= 0.3 is 11.9 Å². The van der Waals surface area contributed by atoms with Crippen LogP contribution in [0.4, 0.5) is 0 Å². The quantitative estimate of drug-likeness (QED) is 0.359. The van der Waals surface area contributed by atoms with Gasteiger partial charge in [-0.2, -0.15) is 4.89 Å². The molecule has 0 aliphatic carbocycles. The fourth-order valence-electron chi connectivity index (χ4n) is 1.39. The highest BCUT2D eigenvalue weighted by Gasteiger charge is 2.25. The van der Waals surface area contributed by atoms with E-state index in [4.69, 9.17) is 9.84 Å². The Balaban J connectivity index is 2.88. The van der Waals surface area contributed by atoms with E-state index in [2.05, 4.69) is 9.78 Å². The van der Waals surface area contributed by atoms with E-state index in [1.807, 2.05) is 6.92 Å². The molecule has 1 aromatic rings. The van der Waals surface area contributed by atoms with E-state index in [9.17, 15) is 9.59 Å². The van der Waals surface area contributed by atoms with Crippen molar-refractivity contribution in [3.63, 3.8) is 0 Å². The van der Waals surface area contributed by atoms with Crippen LogP contribution in [0.2, 0.25) is 0 Å². The third-order valence-corrected chi connectivity index (χ3v) is 2.90. The molecule has 1 rings (SSSR count). The number of aliphatic hydroxyl groups is 1. The van der Waals surface area contributed by atoms with Crippen LogP contribution in [0.15, 0.2) is 24.3 Å². The molecular weight excluding hydrogens is 276 g/mol. The SMILES string of the molecule is CCC(C)(C)OC(=O)c1ccccc1C(=O)OOCCO. The number of rotatable bonds is 7. The largest absolute Gasteiger partial charge is 0.456 e. The van der Waals surface area contributed by atoms with Gasteiger partial charge in [-0.1, -0.05) is 19.1 Å². The minimum Gasteiger partial charge on any atom is -0.456 e. The van der Waals surface area contributed by atoms with Gasteiger partial charge in [-0.25, -0.2) is 9.59 Å². The maximum Gasteiger partial charge on any atom is 0.373 e. The van der Waals surface area contributed by atoms with Crippen LogP contribution in [0.1, 0.15) is 47.9 Å². The lowest BCUT2D eigenvalue weighted by atomic mass is 10.1. The van der Waals surface area contributed by atoms with Gasteiger partial charge in [0, 0.05) is 0 Å². The van der Waals surface area contributed by atoms with Gasteiger partial charge in [0.1, 0.15) is 12.2 Å². The number of hydrogen-bond acceptors (Lipinski definition) is 6. The molecule has 0 aliphatic rings. The van der Waals surface area contributed by atoms with E-state index in [-0.39, 0.29) is 24.3 Å². The average molecular weight is 296 g/mol. The van der Waals surface area contributed by atoms with E-state index in [0.717, 1.165) is 0 Å². The van der Waals surface area contributed by atoms with E-state index in [0.29, 0.717) is 6.42 Å². The molecule has 0 spiro atoms. The fraction of sp³-hybridized carbons (Fsp3) is 0.467. The maximum absolute atomic E-state index is 12.2. The number of aliphatic hydroxyl groups excluding tert-OH is 1. The van der Waals surface area contributed by atoms with Crippen LogP contribution in [-0.4, -0.2) is 35.9 Å². The zero-order valence-electron chi connectivity index (χ0n) is 12.4. The second kappa shape index (κ2) is 7.75. The molecule has 0 aromatic heterocycles. The van der Waals surface area contributed by atoms with Crippen molar-refractivity contribution in [3.8, 4) is 0 Å². The van der Waals surface area contributed by atoms with Crippen LogP contribution in [0.25, 0.3) is 0 Å². The molecule has 0 fully saturated rings. The topological polar surface area (TPSA) is 82.1 Å². The molecular formula is C15H20O6. The van der Waals surface area contributed by atoms with Gasteiger partial charge in [0.05, 0.1) is 17.7 Å². The molecule has 0 saturated carbocycles. The summed E-state index contributed by atoms with van der Waals surface area (Å²) in [6, 6.07) is 6.15. The summed E-state index contributed by atoms with van der Waals surface area (Å²) >= 11 is 0. The number of carbonyl (C=O) groups excluding carboxylic acids is 2. The molecule has 0 amide bonds. The van der Waals surface area contributed by atoms with E-state index in [1.165, 1.54) is 12.1 Å². The summed E-state index contributed by atoms with van der Waals surface area (Å²) < 4.78 is 5.36. The molecule has 21 heavy (non-hydrogen) atoms. The Morgan fingerprint density at radius 3 is 2.24 bits per heavy atom. The Morgan fingerprint density at radius 1 is 1.14 bits per heavy atom. The van der Waals surface area contributed by atoms with E-state index >= 15 is 0 Å². The Hall–Kier alpha value is -1.92. The van der Waals surface area contributed by atoms with Gasteiger partial charge in [0.2, 0.25) is 0 Å². The predicted octanol–water partition coefficient (Wildman–Crippen LogP) is 2.11. The number of hydrogen-bond donors (Lipinski definition) is 1. The fourth-order valence-corrected chi connectivity index (χ4v) is 1.39. The first-order valence-electron chi connectivity index (χ1n) is 6.68. The first kappa shape index (κ1) is 17.1. The normalized spacial score (nSPS) is 11.0. The highest BCUT2D eigenvalue weighted by atomic mass is 17.2. The Kier molecular flexibility index (Phi) is 6.33.